The Hall–Kier alpha value is -2.15. The monoisotopic (exact) mass is 292 g/mol. The molecule has 7 heteroatoms. The molecular weight excluding hydrogens is 276 g/mol. The summed E-state index contributed by atoms with van der Waals surface area (Å²) >= 11 is 5.09. The van der Waals surface area contributed by atoms with Gasteiger partial charge in [-0.1, -0.05) is 20.8 Å². The Kier molecular flexibility index (Phi) is 3.63. The van der Waals surface area contributed by atoms with Crippen LogP contribution < -0.4 is 16.3 Å². The Bertz CT molecular complexity index is 724. The highest BCUT2D eigenvalue weighted by molar-refractivity contribution is 7.80. The lowest BCUT2D eigenvalue weighted by molar-refractivity contribution is -0.126. The summed E-state index contributed by atoms with van der Waals surface area (Å²) in [5.41, 5.74) is 1.30. The van der Waals surface area contributed by atoms with E-state index >= 15 is 0 Å². The second-order valence-electron chi connectivity index (χ2n) is 5.50. The minimum absolute atomic E-state index is 0.161. The summed E-state index contributed by atoms with van der Waals surface area (Å²) in [4.78, 5) is 28.3. The zero-order valence-electron chi connectivity index (χ0n) is 11.5. The highest BCUT2D eigenvalue weighted by Crippen LogP contribution is 2.15. The second kappa shape index (κ2) is 5.09. The molecule has 6 nitrogen and oxygen atoms in total. The van der Waals surface area contributed by atoms with E-state index in [9.17, 15) is 9.59 Å². The van der Waals surface area contributed by atoms with Gasteiger partial charge in [0.2, 0.25) is 5.91 Å². The molecule has 0 fully saturated rings. The number of imidazole rings is 1. The van der Waals surface area contributed by atoms with Gasteiger partial charge in [0.15, 0.2) is 5.11 Å². The molecule has 0 spiro atoms. The van der Waals surface area contributed by atoms with E-state index in [2.05, 4.69) is 20.6 Å². The summed E-state index contributed by atoms with van der Waals surface area (Å²) < 4.78 is 0. The molecule has 0 aliphatic heterocycles. The maximum Gasteiger partial charge on any atom is 0.323 e. The van der Waals surface area contributed by atoms with Gasteiger partial charge >= 0.3 is 5.69 Å². The molecule has 1 amide bonds. The van der Waals surface area contributed by atoms with Gasteiger partial charge in [-0.3, -0.25) is 4.79 Å². The molecule has 0 atom stereocenters. The van der Waals surface area contributed by atoms with E-state index in [4.69, 9.17) is 12.2 Å². The molecule has 20 heavy (non-hydrogen) atoms. The van der Waals surface area contributed by atoms with Crippen molar-refractivity contribution in [2.45, 2.75) is 20.8 Å². The van der Waals surface area contributed by atoms with E-state index < -0.39 is 5.41 Å². The second-order valence-corrected chi connectivity index (χ2v) is 5.91. The molecule has 4 N–H and O–H groups in total. The van der Waals surface area contributed by atoms with Crippen molar-refractivity contribution in [1.82, 2.24) is 15.3 Å². The molecule has 1 aromatic heterocycles. The summed E-state index contributed by atoms with van der Waals surface area (Å²) in [6.07, 6.45) is 0. The zero-order valence-corrected chi connectivity index (χ0v) is 12.3. The largest absolute Gasteiger partial charge is 0.332 e. The van der Waals surface area contributed by atoms with Gasteiger partial charge in [0, 0.05) is 11.1 Å². The third kappa shape index (κ3) is 3.24. The van der Waals surface area contributed by atoms with Gasteiger partial charge in [-0.25, -0.2) is 4.79 Å². The minimum Gasteiger partial charge on any atom is -0.332 e. The van der Waals surface area contributed by atoms with Gasteiger partial charge in [0.25, 0.3) is 0 Å². The van der Waals surface area contributed by atoms with Crippen LogP contribution in [-0.4, -0.2) is 21.0 Å². The van der Waals surface area contributed by atoms with E-state index in [0.717, 1.165) is 0 Å². The van der Waals surface area contributed by atoms with E-state index in [1.54, 1.807) is 18.2 Å². The predicted octanol–water partition coefficient (Wildman–Crippen LogP) is 1.72. The highest BCUT2D eigenvalue weighted by Gasteiger charge is 2.21. The molecular formula is C13H16N4O2S. The number of benzene rings is 1. The van der Waals surface area contributed by atoms with Gasteiger partial charge < -0.3 is 20.6 Å². The number of nitrogens with one attached hydrogen (secondary N) is 4. The lowest BCUT2D eigenvalue weighted by Crippen LogP contribution is -2.41. The van der Waals surface area contributed by atoms with Crippen molar-refractivity contribution in [3.05, 3.63) is 28.7 Å². The highest BCUT2D eigenvalue weighted by atomic mass is 32.1. The van der Waals surface area contributed by atoms with Crippen LogP contribution >= 0.6 is 12.2 Å². The summed E-state index contributed by atoms with van der Waals surface area (Å²) in [6, 6.07) is 5.26. The van der Waals surface area contributed by atoms with Crippen molar-refractivity contribution in [2.24, 2.45) is 5.41 Å². The van der Waals surface area contributed by atoms with Gasteiger partial charge in [-0.15, -0.1) is 0 Å². The third-order valence-corrected chi connectivity index (χ3v) is 2.89. The number of aromatic amines is 2. The number of H-pyrrole nitrogens is 2. The fourth-order valence-electron chi connectivity index (χ4n) is 1.56. The molecule has 106 valence electrons. The van der Waals surface area contributed by atoms with E-state index in [-0.39, 0.29) is 16.7 Å². The molecule has 0 aliphatic rings. The first-order chi connectivity index (χ1) is 9.25. The van der Waals surface area contributed by atoms with Crippen molar-refractivity contribution in [3.8, 4) is 0 Å². The van der Waals surface area contributed by atoms with Crippen LogP contribution in [0.15, 0.2) is 23.0 Å². The van der Waals surface area contributed by atoms with Crippen LogP contribution in [0.3, 0.4) is 0 Å². The summed E-state index contributed by atoms with van der Waals surface area (Å²) in [5.74, 6) is -0.161. The molecule has 0 radical (unpaired) electrons. The number of hydrogen-bond donors (Lipinski definition) is 4. The standard InChI is InChI=1S/C13H16N4O2S/c1-13(2,3)10(18)17-12(20)14-7-4-5-8-9(6-7)16-11(19)15-8/h4-6H,1-3H3,(H2,15,16,19)(H2,14,17,18,20). The Balaban J connectivity index is 2.10. The fourth-order valence-corrected chi connectivity index (χ4v) is 1.77. The number of fused-ring (bicyclic) bond motifs is 1. The van der Waals surface area contributed by atoms with Crippen molar-refractivity contribution < 1.29 is 4.79 Å². The third-order valence-electron chi connectivity index (χ3n) is 2.68. The molecule has 0 unspecified atom stereocenters. The maximum absolute atomic E-state index is 11.8. The lowest BCUT2D eigenvalue weighted by atomic mass is 9.96. The van der Waals surface area contributed by atoms with Crippen molar-refractivity contribution in [3.63, 3.8) is 0 Å². The van der Waals surface area contributed by atoms with Gasteiger partial charge in [0.1, 0.15) is 0 Å². The molecule has 0 bridgehead atoms. The van der Waals surface area contributed by atoms with E-state index in [1.807, 2.05) is 20.8 Å². The molecule has 0 aliphatic carbocycles. The number of aromatic nitrogens is 2. The molecule has 0 saturated heterocycles. The van der Waals surface area contributed by atoms with Crippen LogP contribution in [0.5, 0.6) is 0 Å². The number of thiocarbonyl (C=S) groups is 1. The summed E-state index contributed by atoms with van der Waals surface area (Å²) in [6.45, 7) is 5.42. The van der Waals surface area contributed by atoms with Crippen LogP contribution in [0, 0.1) is 5.41 Å². The van der Waals surface area contributed by atoms with Crippen LogP contribution in [0.2, 0.25) is 0 Å². The number of carbonyl (C=O) groups is 1. The smallest absolute Gasteiger partial charge is 0.323 e. The Labute approximate surface area is 121 Å². The number of rotatable bonds is 1. The average molecular weight is 292 g/mol. The van der Waals surface area contributed by atoms with Crippen molar-refractivity contribution >= 4 is 40.0 Å². The number of anilines is 1. The minimum atomic E-state index is -0.512. The van der Waals surface area contributed by atoms with Crippen LogP contribution in [0.25, 0.3) is 11.0 Å². The van der Waals surface area contributed by atoms with Crippen molar-refractivity contribution in [1.29, 1.82) is 0 Å². The molecule has 0 saturated carbocycles. The number of hydrogen-bond acceptors (Lipinski definition) is 3. The number of amides is 1. The van der Waals surface area contributed by atoms with E-state index in [1.165, 1.54) is 0 Å². The van der Waals surface area contributed by atoms with Crippen LogP contribution in [0.4, 0.5) is 5.69 Å². The molecule has 2 aromatic rings. The summed E-state index contributed by atoms with van der Waals surface area (Å²) in [5, 5.41) is 5.76. The molecule has 2 rings (SSSR count). The predicted molar refractivity (Wildman–Crippen MR) is 82.7 cm³/mol. The normalized spacial score (nSPS) is 11.3. The van der Waals surface area contributed by atoms with Gasteiger partial charge in [0.05, 0.1) is 11.0 Å². The maximum atomic E-state index is 11.8. The first-order valence-electron chi connectivity index (χ1n) is 6.10. The first-order valence-corrected chi connectivity index (χ1v) is 6.51. The summed E-state index contributed by atoms with van der Waals surface area (Å²) in [7, 11) is 0. The SMILES string of the molecule is CC(C)(C)C(=O)NC(=S)Nc1ccc2[nH]c(=O)[nH]c2c1. The van der Waals surface area contributed by atoms with Crippen LogP contribution in [0.1, 0.15) is 20.8 Å². The lowest BCUT2D eigenvalue weighted by Gasteiger charge is -2.18. The van der Waals surface area contributed by atoms with E-state index in [0.29, 0.717) is 16.7 Å². The molecule has 1 heterocycles. The van der Waals surface area contributed by atoms with Gasteiger partial charge in [-0.2, -0.15) is 0 Å². The van der Waals surface area contributed by atoms with Gasteiger partial charge in [-0.05, 0) is 30.4 Å². The average Bonchev–Trinajstić information content (AvgIpc) is 2.66. The Morgan fingerprint density at radius 1 is 1.20 bits per heavy atom. The van der Waals surface area contributed by atoms with Crippen molar-refractivity contribution in [2.75, 3.05) is 5.32 Å². The quantitative estimate of drug-likeness (QED) is 0.602. The Morgan fingerprint density at radius 2 is 1.85 bits per heavy atom. The first kappa shape index (κ1) is 14.3. The Morgan fingerprint density at radius 3 is 2.50 bits per heavy atom. The fraction of sp³-hybridized carbons (Fsp3) is 0.308. The topological polar surface area (TPSA) is 89.8 Å². The molecule has 1 aromatic carbocycles. The zero-order chi connectivity index (χ0) is 14.9. The number of carbonyl (C=O) groups excluding carboxylic acids is 1. The van der Waals surface area contributed by atoms with Crippen LogP contribution in [-0.2, 0) is 4.79 Å².